The van der Waals surface area contributed by atoms with Gasteiger partial charge in [-0.25, -0.2) is 9.97 Å². The van der Waals surface area contributed by atoms with Gasteiger partial charge in [-0.3, -0.25) is 23.9 Å². The van der Waals surface area contributed by atoms with E-state index >= 15 is 0 Å². The zero-order chi connectivity index (χ0) is 32.4. The lowest BCUT2D eigenvalue weighted by molar-refractivity contribution is -0.140. The average Bonchev–Trinajstić information content (AvgIpc) is 3.45. The van der Waals surface area contributed by atoms with E-state index < -0.39 is 6.04 Å². The summed E-state index contributed by atoms with van der Waals surface area (Å²) in [5, 5.41) is 11.6. The van der Waals surface area contributed by atoms with E-state index in [0.717, 1.165) is 80.0 Å². The minimum atomic E-state index is -0.606. The quantitative estimate of drug-likeness (QED) is 0.294. The van der Waals surface area contributed by atoms with Crippen molar-refractivity contribution in [3.63, 3.8) is 0 Å². The summed E-state index contributed by atoms with van der Waals surface area (Å²) in [5.74, 6) is 0.186. The number of nitrogens with one attached hydrogen (secondary N) is 2. The fourth-order valence-electron chi connectivity index (χ4n) is 7.38. The number of carbonyl (C=O) groups excluding carboxylic acids is 4. The Balaban J connectivity index is 1.39. The number of Topliss-reactive ketones (excluding diaryl/α,β-unsaturated/α-hetero) is 1. The molecule has 2 aromatic heterocycles. The summed E-state index contributed by atoms with van der Waals surface area (Å²) in [6, 6.07) is 3.32. The number of benzene rings is 1. The highest BCUT2D eigenvalue weighted by Gasteiger charge is 2.67. The lowest BCUT2D eigenvalue weighted by Gasteiger charge is -2.27. The summed E-state index contributed by atoms with van der Waals surface area (Å²) in [7, 11) is 0. The van der Waals surface area contributed by atoms with Gasteiger partial charge in [0.05, 0.1) is 5.52 Å². The van der Waals surface area contributed by atoms with Gasteiger partial charge in [-0.05, 0) is 68.7 Å². The molecule has 3 aromatic rings. The molecule has 6 rings (SSSR count). The number of carbonyl (C=O) groups is 4. The third kappa shape index (κ3) is 6.41. The van der Waals surface area contributed by atoms with Crippen LogP contribution in [0.5, 0.6) is 0 Å². The maximum Gasteiger partial charge on any atom is 0.245 e. The van der Waals surface area contributed by atoms with Crippen LogP contribution >= 0.6 is 0 Å². The van der Waals surface area contributed by atoms with Gasteiger partial charge in [-0.15, -0.1) is 0 Å². The molecule has 3 aliphatic rings. The number of aromatic nitrogens is 4. The van der Waals surface area contributed by atoms with Crippen LogP contribution in [-0.4, -0.2) is 73.3 Å². The summed E-state index contributed by atoms with van der Waals surface area (Å²) in [6.07, 6.45) is 12.6. The summed E-state index contributed by atoms with van der Waals surface area (Å²) < 4.78 is 1.68. The molecular weight excluding hydrogens is 582 g/mol. The Morgan fingerprint density at radius 3 is 2.52 bits per heavy atom. The van der Waals surface area contributed by atoms with Crippen LogP contribution in [-0.2, 0) is 27.3 Å². The highest BCUT2D eigenvalue weighted by Crippen LogP contribution is 2.59. The van der Waals surface area contributed by atoms with Gasteiger partial charge in [0.2, 0.25) is 17.7 Å². The van der Waals surface area contributed by atoms with Crippen molar-refractivity contribution in [3.05, 3.63) is 41.6 Å². The Morgan fingerprint density at radius 1 is 1.02 bits per heavy atom. The van der Waals surface area contributed by atoms with Crippen molar-refractivity contribution in [2.75, 3.05) is 13.1 Å². The molecule has 46 heavy (non-hydrogen) atoms. The molecule has 0 radical (unpaired) electrons. The average molecular weight is 628 g/mol. The van der Waals surface area contributed by atoms with Crippen LogP contribution in [0.4, 0.5) is 0 Å². The van der Waals surface area contributed by atoms with Crippen molar-refractivity contribution < 1.29 is 19.2 Å². The van der Waals surface area contributed by atoms with Crippen molar-refractivity contribution in [2.24, 2.45) is 5.41 Å². The number of hydrogen-bond donors (Lipinski definition) is 2. The fourth-order valence-corrected chi connectivity index (χ4v) is 7.38. The van der Waals surface area contributed by atoms with E-state index in [9.17, 15) is 19.2 Å². The fraction of sp³-hybridized carbons (Fsp3) is 0.571. The second-order valence-electron chi connectivity index (χ2n) is 13.4. The molecule has 1 aromatic carbocycles. The van der Waals surface area contributed by atoms with Crippen molar-refractivity contribution in [2.45, 2.75) is 110 Å². The molecule has 4 heterocycles. The Kier molecular flexibility index (Phi) is 9.20. The monoisotopic (exact) mass is 627 g/mol. The predicted octanol–water partition coefficient (Wildman–Crippen LogP) is 4.29. The maximum absolute atomic E-state index is 14.3. The van der Waals surface area contributed by atoms with Gasteiger partial charge in [0.15, 0.2) is 5.78 Å². The topological polar surface area (TPSA) is 139 Å². The number of hydrogen-bond acceptors (Lipinski definition) is 7. The van der Waals surface area contributed by atoms with Crippen LogP contribution in [0.1, 0.15) is 99.9 Å². The molecule has 2 N–H and O–H groups in total. The maximum atomic E-state index is 14.3. The first-order valence-electron chi connectivity index (χ1n) is 16.9. The molecule has 3 atom stereocenters. The largest absolute Gasteiger partial charge is 0.355 e. The number of unbranched alkanes of at least 4 members (excludes halogenated alkanes) is 2. The number of aryl methyl sites for hydroxylation is 2. The van der Waals surface area contributed by atoms with E-state index in [1.807, 2.05) is 13.0 Å². The third-order valence-corrected chi connectivity index (χ3v) is 9.98. The molecule has 11 nitrogen and oxygen atoms in total. The van der Waals surface area contributed by atoms with Gasteiger partial charge in [0, 0.05) is 61.2 Å². The van der Waals surface area contributed by atoms with E-state index in [1.165, 1.54) is 6.92 Å². The minimum Gasteiger partial charge on any atom is -0.355 e. The molecule has 0 unspecified atom stereocenters. The molecule has 244 valence electrons. The smallest absolute Gasteiger partial charge is 0.245 e. The molecule has 1 saturated heterocycles. The standard InChI is InChI=1S/C35H45N7O4/c1-4-5-10-13-36-34(46)28-16-35-17-29(35)42(28)31(45)20-41-33-24(11-8-6-7-9-12-30(44)39-21-35)14-25(26-18-37-23(3)38-19-26)15-27(33)32(40-41)22(2)43/h14-15,18-19,28-29H,4-13,16-17,20-21H2,1-3H3,(H,36,46)(H,39,44)/t28-,29+,35-/m0/s1. The second-order valence-corrected chi connectivity index (χ2v) is 13.4. The van der Waals surface area contributed by atoms with E-state index in [-0.39, 0.29) is 41.5 Å². The van der Waals surface area contributed by atoms with Crippen LogP contribution in [0, 0.1) is 12.3 Å². The first kappa shape index (κ1) is 31.8. The first-order chi connectivity index (χ1) is 22.2. The molecule has 2 fully saturated rings. The number of nitrogens with zero attached hydrogens (tertiary/aromatic N) is 5. The molecule has 0 spiro atoms. The number of amides is 3. The molecule has 2 aliphatic heterocycles. The normalized spacial score (nSPS) is 23.5. The van der Waals surface area contributed by atoms with Gasteiger partial charge in [-0.1, -0.05) is 32.6 Å². The Bertz CT molecular complexity index is 1650. The SMILES string of the molecule is CCCCCNC(=O)[C@@H]1C[C@]23CNC(=O)CCCCCCc4cc(-c5cnc(C)nc5)cc5c(C(C)=O)nn(c45)CC(=O)N1[C@@H]2C3. The van der Waals surface area contributed by atoms with E-state index in [1.54, 1.807) is 22.0 Å². The zero-order valence-corrected chi connectivity index (χ0v) is 27.2. The van der Waals surface area contributed by atoms with Crippen molar-refractivity contribution in [3.8, 4) is 11.1 Å². The van der Waals surface area contributed by atoms with Crippen molar-refractivity contribution in [1.82, 2.24) is 35.3 Å². The van der Waals surface area contributed by atoms with Crippen LogP contribution in [0.25, 0.3) is 22.0 Å². The molecule has 11 heteroatoms. The van der Waals surface area contributed by atoms with Gasteiger partial charge < -0.3 is 15.5 Å². The van der Waals surface area contributed by atoms with Gasteiger partial charge in [-0.2, -0.15) is 5.10 Å². The van der Waals surface area contributed by atoms with Crippen molar-refractivity contribution >= 4 is 34.4 Å². The summed E-state index contributed by atoms with van der Waals surface area (Å²) in [5.41, 5.74) is 3.53. The van der Waals surface area contributed by atoms with E-state index in [0.29, 0.717) is 42.8 Å². The molecular formula is C35H45N7O4. The molecule has 1 saturated carbocycles. The van der Waals surface area contributed by atoms with Gasteiger partial charge in [0.25, 0.3) is 0 Å². The Hall–Kier alpha value is -4.15. The highest BCUT2D eigenvalue weighted by atomic mass is 16.2. The Labute approximate surface area is 269 Å². The lowest BCUT2D eigenvalue weighted by Crippen LogP contribution is -2.49. The van der Waals surface area contributed by atoms with E-state index in [4.69, 9.17) is 5.10 Å². The summed E-state index contributed by atoms with van der Waals surface area (Å²) in [4.78, 5) is 63.9. The summed E-state index contributed by atoms with van der Waals surface area (Å²) in [6.45, 7) is 6.41. The predicted molar refractivity (Wildman–Crippen MR) is 174 cm³/mol. The van der Waals surface area contributed by atoms with Crippen molar-refractivity contribution in [1.29, 1.82) is 0 Å². The highest BCUT2D eigenvalue weighted by molar-refractivity contribution is 6.07. The van der Waals surface area contributed by atoms with Crippen LogP contribution < -0.4 is 10.6 Å². The number of rotatable bonds is 7. The lowest BCUT2D eigenvalue weighted by atomic mass is 9.96. The number of piperidine rings is 1. The van der Waals surface area contributed by atoms with Crippen LogP contribution in [0.3, 0.4) is 0 Å². The zero-order valence-electron chi connectivity index (χ0n) is 27.2. The third-order valence-electron chi connectivity index (χ3n) is 9.98. The minimum absolute atomic E-state index is 0.0290. The van der Waals surface area contributed by atoms with Gasteiger partial charge in [0.1, 0.15) is 24.1 Å². The summed E-state index contributed by atoms with van der Waals surface area (Å²) >= 11 is 0. The van der Waals surface area contributed by atoms with Crippen LogP contribution in [0.2, 0.25) is 0 Å². The molecule has 3 amide bonds. The Morgan fingerprint density at radius 2 is 1.78 bits per heavy atom. The van der Waals surface area contributed by atoms with Gasteiger partial charge >= 0.3 is 0 Å². The molecule has 2 bridgehead atoms. The second kappa shape index (κ2) is 13.3. The number of ketones is 1. The van der Waals surface area contributed by atoms with Crippen LogP contribution in [0.15, 0.2) is 24.5 Å². The molecule has 1 aliphatic carbocycles. The first-order valence-corrected chi connectivity index (χ1v) is 16.9. The van der Waals surface area contributed by atoms with E-state index in [2.05, 4.69) is 33.6 Å².